The van der Waals surface area contributed by atoms with Crippen LogP contribution in [-0.4, -0.2) is 10.5 Å². The molecule has 0 radical (unpaired) electrons. The molecule has 0 saturated heterocycles. The first-order valence-electron chi connectivity index (χ1n) is 7.99. The van der Waals surface area contributed by atoms with E-state index in [1.54, 1.807) is 12.1 Å². The van der Waals surface area contributed by atoms with Gasteiger partial charge in [-0.3, -0.25) is 14.2 Å². The lowest BCUT2D eigenvalue weighted by Gasteiger charge is -2.15. The Labute approximate surface area is 158 Å². The van der Waals surface area contributed by atoms with Crippen molar-refractivity contribution in [3.63, 3.8) is 0 Å². The summed E-state index contributed by atoms with van der Waals surface area (Å²) in [6.07, 6.45) is 1.35. The zero-order valence-corrected chi connectivity index (χ0v) is 15.5. The van der Waals surface area contributed by atoms with E-state index in [1.807, 2.05) is 31.2 Å². The molecule has 1 amide bonds. The molecule has 1 unspecified atom stereocenters. The van der Waals surface area contributed by atoms with Gasteiger partial charge in [-0.1, -0.05) is 40.2 Å². The van der Waals surface area contributed by atoms with E-state index in [0.717, 1.165) is 14.6 Å². The second kappa shape index (κ2) is 7.66. The average molecular weight is 415 g/mol. The van der Waals surface area contributed by atoms with Crippen LogP contribution in [0.25, 0.3) is 5.69 Å². The maximum absolute atomic E-state index is 14.0. The van der Waals surface area contributed by atoms with Crippen LogP contribution in [-0.2, 0) is 0 Å². The van der Waals surface area contributed by atoms with Crippen molar-refractivity contribution < 1.29 is 9.18 Å². The van der Waals surface area contributed by atoms with Gasteiger partial charge in [-0.25, -0.2) is 4.39 Å². The van der Waals surface area contributed by atoms with Crippen molar-refractivity contribution in [2.45, 2.75) is 13.0 Å². The quantitative estimate of drug-likeness (QED) is 0.694. The summed E-state index contributed by atoms with van der Waals surface area (Å²) in [4.78, 5) is 24.6. The lowest BCUT2D eigenvalue weighted by atomic mass is 10.1. The molecule has 3 rings (SSSR count). The average Bonchev–Trinajstić information content (AvgIpc) is 2.62. The number of pyridine rings is 1. The highest BCUT2D eigenvalue weighted by molar-refractivity contribution is 9.10. The maximum atomic E-state index is 14.0. The molecule has 0 aliphatic heterocycles. The molecule has 0 fully saturated rings. The Morgan fingerprint density at radius 1 is 1.12 bits per heavy atom. The Kier molecular flexibility index (Phi) is 5.32. The first kappa shape index (κ1) is 18.1. The van der Waals surface area contributed by atoms with E-state index >= 15 is 0 Å². The van der Waals surface area contributed by atoms with Crippen molar-refractivity contribution in [3.05, 3.63) is 98.6 Å². The van der Waals surface area contributed by atoms with E-state index in [4.69, 9.17) is 0 Å². The van der Waals surface area contributed by atoms with Crippen LogP contribution in [0.2, 0.25) is 0 Å². The summed E-state index contributed by atoms with van der Waals surface area (Å²) < 4.78 is 16.0. The predicted molar refractivity (Wildman–Crippen MR) is 102 cm³/mol. The first-order chi connectivity index (χ1) is 12.5. The highest BCUT2D eigenvalue weighted by Crippen LogP contribution is 2.18. The summed E-state index contributed by atoms with van der Waals surface area (Å²) in [7, 11) is 0. The van der Waals surface area contributed by atoms with E-state index < -0.39 is 11.4 Å². The second-order valence-electron chi connectivity index (χ2n) is 5.83. The van der Waals surface area contributed by atoms with Gasteiger partial charge in [0.15, 0.2) is 0 Å². The van der Waals surface area contributed by atoms with Gasteiger partial charge in [0.05, 0.1) is 17.3 Å². The number of hydrogen-bond acceptors (Lipinski definition) is 2. The fraction of sp³-hybridized carbons (Fsp3) is 0.100. The summed E-state index contributed by atoms with van der Waals surface area (Å²) >= 11 is 3.41. The van der Waals surface area contributed by atoms with Gasteiger partial charge in [0.25, 0.3) is 11.5 Å². The second-order valence-corrected chi connectivity index (χ2v) is 6.74. The van der Waals surface area contributed by atoms with Crippen LogP contribution in [0.4, 0.5) is 4.39 Å². The number of rotatable bonds is 4. The zero-order chi connectivity index (χ0) is 18.7. The number of benzene rings is 2. The van der Waals surface area contributed by atoms with Gasteiger partial charge < -0.3 is 5.32 Å². The number of carbonyl (C=O) groups is 1. The first-order valence-corrected chi connectivity index (χ1v) is 8.79. The van der Waals surface area contributed by atoms with E-state index in [9.17, 15) is 14.0 Å². The van der Waals surface area contributed by atoms with Gasteiger partial charge >= 0.3 is 0 Å². The molecule has 1 N–H and O–H groups in total. The lowest BCUT2D eigenvalue weighted by Crippen LogP contribution is -2.28. The Bertz CT molecular complexity index is 1020. The highest BCUT2D eigenvalue weighted by atomic mass is 79.9. The minimum absolute atomic E-state index is 0.104. The van der Waals surface area contributed by atoms with E-state index in [0.29, 0.717) is 0 Å². The van der Waals surface area contributed by atoms with Gasteiger partial charge in [-0.15, -0.1) is 0 Å². The number of nitrogens with one attached hydrogen (secondary N) is 1. The van der Waals surface area contributed by atoms with Crippen LogP contribution in [0.15, 0.2) is 76.1 Å². The number of aromatic nitrogens is 1. The summed E-state index contributed by atoms with van der Waals surface area (Å²) in [5, 5.41) is 2.88. The van der Waals surface area contributed by atoms with Crippen molar-refractivity contribution in [2.75, 3.05) is 0 Å². The third-order valence-corrected chi connectivity index (χ3v) is 4.47. The normalized spacial score (nSPS) is 11.8. The molecule has 6 heteroatoms. The molecule has 1 heterocycles. The zero-order valence-electron chi connectivity index (χ0n) is 13.9. The third kappa shape index (κ3) is 3.91. The molecule has 2 aromatic carbocycles. The summed E-state index contributed by atoms with van der Waals surface area (Å²) in [6, 6.07) is 16.0. The smallest absolute Gasteiger partial charge is 0.255 e. The van der Waals surface area contributed by atoms with Crippen molar-refractivity contribution in [1.29, 1.82) is 0 Å². The number of nitrogens with zero attached hydrogens (tertiary/aromatic N) is 1. The number of carbonyl (C=O) groups excluding carboxylic acids is 1. The Balaban J connectivity index is 1.88. The molecule has 0 saturated carbocycles. The molecular weight excluding hydrogens is 399 g/mol. The van der Waals surface area contributed by atoms with Crippen molar-refractivity contribution in [2.24, 2.45) is 0 Å². The molecule has 0 spiro atoms. The topological polar surface area (TPSA) is 51.1 Å². The van der Waals surface area contributed by atoms with Crippen molar-refractivity contribution in [1.82, 2.24) is 9.88 Å². The molecule has 26 heavy (non-hydrogen) atoms. The minimum atomic E-state index is -0.533. The Hall–Kier alpha value is -2.73. The van der Waals surface area contributed by atoms with Crippen molar-refractivity contribution in [3.8, 4) is 5.69 Å². The lowest BCUT2D eigenvalue weighted by molar-refractivity contribution is 0.0939. The van der Waals surface area contributed by atoms with Gasteiger partial charge in [0.1, 0.15) is 5.82 Å². The Morgan fingerprint density at radius 3 is 2.62 bits per heavy atom. The van der Waals surface area contributed by atoms with Gasteiger partial charge in [-0.2, -0.15) is 0 Å². The van der Waals surface area contributed by atoms with Crippen molar-refractivity contribution >= 4 is 21.8 Å². The van der Waals surface area contributed by atoms with E-state index in [2.05, 4.69) is 21.2 Å². The predicted octanol–water partition coefficient (Wildman–Crippen LogP) is 4.23. The van der Waals surface area contributed by atoms with Gasteiger partial charge in [0.2, 0.25) is 0 Å². The molecule has 0 bridgehead atoms. The molecule has 0 aliphatic carbocycles. The van der Waals surface area contributed by atoms with Crippen LogP contribution in [0.3, 0.4) is 0 Å². The monoisotopic (exact) mass is 414 g/mol. The fourth-order valence-corrected chi connectivity index (χ4v) is 3.01. The number of halogens is 2. The maximum Gasteiger partial charge on any atom is 0.255 e. The minimum Gasteiger partial charge on any atom is -0.345 e. The molecule has 3 aromatic rings. The molecule has 132 valence electrons. The number of amides is 1. The van der Waals surface area contributed by atoms with Crippen LogP contribution >= 0.6 is 15.9 Å². The van der Waals surface area contributed by atoms with Gasteiger partial charge in [0, 0.05) is 16.7 Å². The molecule has 1 aromatic heterocycles. The fourth-order valence-electron chi connectivity index (χ4n) is 2.60. The van der Waals surface area contributed by atoms with E-state index in [-0.39, 0.29) is 23.2 Å². The molecule has 0 aliphatic rings. The summed E-state index contributed by atoms with van der Waals surface area (Å²) in [6.45, 7) is 1.87. The van der Waals surface area contributed by atoms with Crippen LogP contribution in [0.5, 0.6) is 0 Å². The van der Waals surface area contributed by atoms with Crippen LogP contribution in [0, 0.1) is 5.82 Å². The molecule has 4 nitrogen and oxygen atoms in total. The van der Waals surface area contributed by atoms with Crippen LogP contribution in [0.1, 0.15) is 28.9 Å². The molecular formula is C20H16BrFN2O2. The number of hydrogen-bond donors (Lipinski definition) is 1. The SMILES string of the molecule is CC(NC(=O)c1ccc(=O)n(-c2ccccc2F)c1)c1cccc(Br)c1. The highest BCUT2D eigenvalue weighted by Gasteiger charge is 2.14. The van der Waals surface area contributed by atoms with Gasteiger partial charge in [-0.05, 0) is 42.8 Å². The summed E-state index contributed by atoms with van der Waals surface area (Å²) in [5.74, 6) is -0.878. The Morgan fingerprint density at radius 2 is 1.88 bits per heavy atom. The van der Waals surface area contributed by atoms with E-state index in [1.165, 1.54) is 30.5 Å². The third-order valence-electron chi connectivity index (χ3n) is 3.98. The largest absolute Gasteiger partial charge is 0.345 e. The summed E-state index contributed by atoms with van der Waals surface area (Å²) in [5.41, 5.74) is 0.906. The number of para-hydroxylation sites is 1. The van der Waals surface area contributed by atoms with Crippen LogP contribution < -0.4 is 10.9 Å². The molecule has 1 atom stereocenters. The standard InChI is InChI=1S/C20H16BrFN2O2/c1-13(14-5-4-6-16(21)11-14)23-20(26)15-9-10-19(25)24(12-15)18-8-3-2-7-17(18)22/h2-13H,1H3,(H,23,26).